The van der Waals surface area contributed by atoms with Crippen LogP contribution in [0.1, 0.15) is 52.5 Å². The number of hydrogen-bond donors (Lipinski definition) is 7. The fourth-order valence-electron chi connectivity index (χ4n) is 4.68. The summed E-state index contributed by atoms with van der Waals surface area (Å²) in [7, 11) is 0. The Morgan fingerprint density at radius 2 is 1.49 bits per heavy atom. The van der Waals surface area contributed by atoms with E-state index in [0.29, 0.717) is 19.4 Å². The molecule has 1 heterocycles. The summed E-state index contributed by atoms with van der Waals surface area (Å²) in [4.78, 5) is 77.5. The van der Waals surface area contributed by atoms with Gasteiger partial charge in [-0.25, -0.2) is 0 Å². The molecule has 5 amide bonds. The van der Waals surface area contributed by atoms with Crippen molar-refractivity contribution >= 4 is 35.5 Å². The van der Waals surface area contributed by atoms with E-state index in [1.54, 1.807) is 30.3 Å². The molecule has 14 heteroatoms. The number of benzene rings is 1. The number of carbonyl (C=O) groups excluding carboxylic acids is 5. The minimum absolute atomic E-state index is 0.0254. The molecule has 0 saturated carbocycles. The number of carboxylic acids is 1. The number of carboxylic acid groups (broad SMARTS) is 1. The van der Waals surface area contributed by atoms with Gasteiger partial charge in [0.1, 0.15) is 36.3 Å². The normalized spacial score (nSPS) is 18.1. The molecule has 1 aliphatic heterocycles. The Bertz CT molecular complexity index is 1150. The van der Waals surface area contributed by atoms with Gasteiger partial charge in [-0.1, -0.05) is 44.2 Å². The van der Waals surface area contributed by atoms with Crippen molar-refractivity contribution in [3.05, 3.63) is 35.9 Å². The third kappa shape index (κ3) is 10.6. The predicted molar refractivity (Wildman–Crippen MR) is 156 cm³/mol. The van der Waals surface area contributed by atoms with Crippen LogP contribution in [-0.4, -0.2) is 100 Å². The number of rotatable bonds is 15. The van der Waals surface area contributed by atoms with Crippen LogP contribution in [0.15, 0.2) is 30.3 Å². The first-order valence-electron chi connectivity index (χ1n) is 14.4. The minimum Gasteiger partial charge on any atom is -0.480 e. The molecular formula is C29H44N6O8. The van der Waals surface area contributed by atoms with Gasteiger partial charge in [-0.2, -0.15) is 0 Å². The molecule has 43 heavy (non-hydrogen) atoms. The molecule has 0 aromatic heterocycles. The number of carbonyl (C=O) groups is 6. The lowest BCUT2D eigenvalue weighted by Crippen LogP contribution is -2.59. The highest BCUT2D eigenvalue weighted by Gasteiger charge is 2.37. The molecule has 6 atom stereocenters. The Labute approximate surface area is 251 Å². The smallest absolute Gasteiger partial charge is 0.325 e. The minimum atomic E-state index is -1.23. The summed E-state index contributed by atoms with van der Waals surface area (Å²) in [5, 5.41) is 28.7. The van der Waals surface area contributed by atoms with Gasteiger partial charge in [-0.05, 0) is 44.6 Å². The predicted octanol–water partition coefficient (Wildman–Crippen LogP) is -1.35. The molecule has 0 bridgehead atoms. The van der Waals surface area contributed by atoms with Crippen molar-refractivity contribution in [2.75, 3.05) is 13.2 Å². The highest BCUT2D eigenvalue weighted by Crippen LogP contribution is 2.18. The zero-order valence-corrected chi connectivity index (χ0v) is 25.0. The first kappa shape index (κ1) is 35.2. The molecular weight excluding hydrogens is 560 g/mol. The van der Waals surface area contributed by atoms with Crippen molar-refractivity contribution in [3.63, 3.8) is 0 Å². The van der Waals surface area contributed by atoms with Gasteiger partial charge >= 0.3 is 5.97 Å². The van der Waals surface area contributed by atoms with Crippen molar-refractivity contribution < 1.29 is 39.0 Å². The van der Waals surface area contributed by atoms with Crippen molar-refractivity contribution in [2.45, 2.75) is 89.6 Å². The number of aliphatic carboxylic acids is 1. The lowest BCUT2D eigenvalue weighted by atomic mass is 10.0. The van der Waals surface area contributed by atoms with E-state index in [0.717, 1.165) is 5.56 Å². The van der Waals surface area contributed by atoms with Gasteiger partial charge in [-0.15, -0.1) is 0 Å². The number of nitrogens with zero attached hydrogens (tertiary/aromatic N) is 1. The average Bonchev–Trinajstić information content (AvgIpc) is 3.46. The Hall–Kier alpha value is -4.04. The SMILES string of the molecule is CC(C)C[C@H](NC(=O)[C@H](Cc1ccccc1)NC(=O)[C@H](C)NC(=O)[C@@H]1CCCN1C(=O)[C@@H](N)CO)C(=O)N[C@@H](C)C(=O)O. The molecule has 1 aromatic carbocycles. The molecule has 1 aliphatic rings. The van der Waals surface area contributed by atoms with Crippen molar-refractivity contribution in [2.24, 2.45) is 11.7 Å². The van der Waals surface area contributed by atoms with Crippen LogP contribution in [0.4, 0.5) is 0 Å². The lowest BCUT2D eigenvalue weighted by Gasteiger charge is -2.28. The number of aliphatic hydroxyl groups excluding tert-OH is 1. The van der Waals surface area contributed by atoms with Gasteiger partial charge in [0.05, 0.1) is 6.61 Å². The zero-order chi connectivity index (χ0) is 32.3. The maximum absolute atomic E-state index is 13.5. The summed E-state index contributed by atoms with van der Waals surface area (Å²) in [6, 6.07) is 2.42. The molecule has 8 N–H and O–H groups in total. The highest BCUT2D eigenvalue weighted by atomic mass is 16.4. The largest absolute Gasteiger partial charge is 0.480 e. The van der Waals surface area contributed by atoms with Gasteiger partial charge in [0, 0.05) is 13.0 Å². The maximum atomic E-state index is 13.5. The summed E-state index contributed by atoms with van der Waals surface area (Å²) in [6.45, 7) is 6.17. The van der Waals surface area contributed by atoms with E-state index < -0.39 is 78.4 Å². The molecule has 1 fully saturated rings. The molecule has 0 unspecified atom stereocenters. The molecule has 2 rings (SSSR count). The van der Waals surface area contributed by atoms with E-state index in [4.69, 9.17) is 5.73 Å². The number of nitrogens with one attached hydrogen (secondary N) is 4. The fourth-order valence-corrected chi connectivity index (χ4v) is 4.68. The van der Waals surface area contributed by atoms with E-state index in [1.165, 1.54) is 18.7 Å². The second-order valence-corrected chi connectivity index (χ2v) is 11.2. The van der Waals surface area contributed by atoms with Crippen molar-refractivity contribution in [3.8, 4) is 0 Å². The van der Waals surface area contributed by atoms with Crippen LogP contribution < -0.4 is 27.0 Å². The number of likely N-dealkylation sites (tertiary alicyclic amines) is 1. The summed E-state index contributed by atoms with van der Waals surface area (Å²) >= 11 is 0. The number of nitrogens with two attached hydrogens (primary N) is 1. The summed E-state index contributed by atoms with van der Waals surface area (Å²) in [5.74, 6) is -4.38. The summed E-state index contributed by atoms with van der Waals surface area (Å²) in [6.07, 6.45) is 1.21. The Morgan fingerprint density at radius 1 is 0.884 bits per heavy atom. The van der Waals surface area contributed by atoms with Gasteiger partial charge in [0.15, 0.2) is 0 Å². The third-order valence-electron chi connectivity index (χ3n) is 7.09. The number of hydrogen-bond acceptors (Lipinski definition) is 8. The molecule has 14 nitrogen and oxygen atoms in total. The first-order valence-corrected chi connectivity index (χ1v) is 14.4. The van der Waals surface area contributed by atoms with Crippen LogP contribution in [0.2, 0.25) is 0 Å². The quantitative estimate of drug-likeness (QED) is 0.126. The highest BCUT2D eigenvalue weighted by molar-refractivity contribution is 5.96. The van der Waals surface area contributed by atoms with Gasteiger partial charge in [0.2, 0.25) is 29.5 Å². The topological polar surface area (TPSA) is 220 Å². The van der Waals surface area contributed by atoms with Crippen LogP contribution in [0.25, 0.3) is 0 Å². The van der Waals surface area contributed by atoms with Crippen LogP contribution in [-0.2, 0) is 35.2 Å². The van der Waals surface area contributed by atoms with E-state index in [9.17, 15) is 39.0 Å². The standard InChI is InChI=1S/C29H44N6O8/c1-16(2)13-21(25(38)32-18(4)29(42)43)34-26(39)22(14-19-9-6-5-7-10-19)33-24(37)17(3)31-27(40)23-11-8-12-35(23)28(41)20(30)15-36/h5-7,9-10,16-18,20-23,36H,8,11-15,30H2,1-4H3,(H,31,40)(H,32,38)(H,33,37)(H,34,39)(H,42,43)/t17-,18-,20-,21-,22-,23-/m0/s1. The zero-order valence-electron chi connectivity index (χ0n) is 25.0. The second kappa shape index (κ2) is 16.6. The molecule has 0 aliphatic carbocycles. The first-order chi connectivity index (χ1) is 20.2. The van der Waals surface area contributed by atoms with E-state index in [-0.39, 0.29) is 18.8 Å². The number of amides is 5. The lowest BCUT2D eigenvalue weighted by molar-refractivity contribution is -0.142. The van der Waals surface area contributed by atoms with Crippen LogP contribution in [0.3, 0.4) is 0 Å². The van der Waals surface area contributed by atoms with Crippen molar-refractivity contribution in [1.29, 1.82) is 0 Å². The Morgan fingerprint density at radius 3 is 2.07 bits per heavy atom. The average molecular weight is 605 g/mol. The van der Waals surface area contributed by atoms with Gasteiger partial charge in [-0.3, -0.25) is 28.8 Å². The Kier molecular flexibility index (Phi) is 13.5. The van der Waals surface area contributed by atoms with Crippen LogP contribution in [0.5, 0.6) is 0 Å². The monoisotopic (exact) mass is 604 g/mol. The summed E-state index contributed by atoms with van der Waals surface area (Å²) in [5.41, 5.74) is 6.37. The van der Waals surface area contributed by atoms with Crippen LogP contribution in [0, 0.1) is 5.92 Å². The second-order valence-electron chi connectivity index (χ2n) is 11.2. The number of aliphatic hydroxyl groups is 1. The molecule has 0 radical (unpaired) electrons. The van der Waals surface area contributed by atoms with E-state index in [2.05, 4.69) is 21.3 Å². The fraction of sp³-hybridized carbons (Fsp3) is 0.586. The third-order valence-corrected chi connectivity index (χ3v) is 7.09. The molecule has 238 valence electrons. The molecule has 1 aromatic rings. The molecule has 0 spiro atoms. The summed E-state index contributed by atoms with van der Waals surface area (Å²) < 4.78 is 0. The van der Waals surface area contributed by atoms with Gasteiger partial charge in [0.25, 0.3) is 0 Å². The van der Waals surface area contributed by atoms with E-state index >= 15 is 0 Å². The van der Waals surface area contributed by atoms with Gasteiger partial charge < -0.3 is 42.1 Å². The maximum Gasteiger partial charge on any atom is 0.325 e. The van der Waals surface area contributed by atoms with E-state index in [1.807, 2.05) is 13.8 Å². The van der Waals surface area contributed by atoms with Crippen LogP contribution >= 0.6 is 0 Å². The molecule has 1 saturated heterocycles. The Balaban J connectivity index is 2.17. The van der Waals surface area contributed by atoms with Crippen molar-refractivity contribution in [1.82, 2.24) is 26.2 Å².